The van der Waals surface area contributed by atoms with E-state index in [1.807, 2.05) is 6.07 Å². The van der Waals surface area contributed by atoms with Gasteiger partial charge in [-0.3, -0.25) is 0 Å². The van der Waals surface area contributed by atoms with Gasteiger partial charge >= 0.3 is 0 Å². The van der Waals surface area contributed by atoms with Crippen LogP contribution in [0.5, 0.6) is 0 Å². The van der Waals surface area contributed by atoms with E-state index in [0.717, 1.165) is 22.7 Å². The Kier molecular flexibility index (Phi) is 2.20. The molecule has 0 bridgehead atoms. The molecule has 1 aromatic carbocycles. The zero-order valence-electron chi connectivity index (χ0n) is 6.62. The first-order chi connectivity index (χ1) is 5.79. The third-order valence-corrected chi connectivity index (χ3v) is 3.31. The Labute approximate surface area is 83.5 Å². The molecule has 0 atom stereocenters. The molecule has 1 aromatic rings. The first-order valence-corrected chi connectivity index (χ1v) is 4.88. The first kappa shape index (κ1) is 8.27. The van der Waals surface area contributed by atoms with E-state index < -0.39 is 0 Å². The summed E-state index contributed by atoms with van der Waals surface area (Å²) in [6, 6.07) is 8.38. The molecule has 0 spiro atoms. The van der Waals surface area contributed by atoms with Crippen molar-refractivity contribution in [3.8, 4) is 0 Å². The van der Waals surface area contributed by atoms with Gasteiger partial charge in [0.25, 0.3) is 0 Å². The van der Waals surface area contributed by atoms with Gasteiger partial charge in [-0.2, -0.15) is 0 Å². The predicted molar refractivity (Wildman–Crippen MR) is 59.7 cm³/mol. The average Bonchev–Trinajstić information content (AvgIpc) is 2.12. The van der Waals surface area contributed by atoms with Crippen molar-refractivity contribution in [2.45, 2.75) is 12.8 Å². The minimum atomic E-state index is 1.03. The maximum atomic E-state index is 4.44. The van der Waals surface area contributed by atoms with E-state index in [1.165, 1.54) is 11.1 Å². The molecule has 2 heteroatoms. The van der Waals surface area contributed by atoms with Gasteiger partial charge in [0.05, 0.1) is 0 Å². The van der Waals surface area contributed by atoms with Crippen LogP contribution >= 0.6 is 25.3 Å². The lowest BCUT2D eigenvalue weighted by atomic mass is 9.97. The zero-order chi connectivity index (χ0) is 8.55. The van der Waals surface area contributed by atoms with E-state index >= 15 is 0 Å². The highest BCUT2D eigenvalue weighted by atomic mass is 32.1. The van der Waals surface area contributed by atoms with Crippen LogP contribution < -0.4 is 0 Å². The van der Waals surface area contributed by atoms with Gasteiger partial charge < -0.3 is 0 Å². The third kappa shape index (κ3) is 1.29. The molecule has 0 unspecified atom stereocenters. The number of fused-ring (bicyclic) bond motifs is 1. The summed E-state index contributed by atoms with van der Waals surface area (Å²) in [6.45, 7) is 0. The van der Waals surface area contributed by atoms with Gasteiger partial charge in [0.2, 0.25) is 0 Å². The highest BCUT2D eigenvalue weighted by Crippen LogP contribution is 2.34. The van der Waals surface area contributed by atoms with Crippen molar-refractivity contribution < 1.29 is 0 Å². The normalized spacial score (nSPS) is 16.2. The van der Waals surface area contributed by atoms with E-state index in [1.54, 1.807) is 0 Å². The molecular formula is C10H10S2. The molecule has 0 N–H and O–H groups in total. The monoisotopic (exact) mass is 194 g/mol. The SMILES string of the molecule is SC1=C(S)c2ccccc2CC1. The summed E-state index contributed by atoms with van der Waals surface area (Å²) in [6.07, 6.45) is 2.12. The van der Waals surface area contributed by atoms with Gasteiger partial charge in [-0.25, -0.2) is 0 Å². The number of hydrogen-bond acceptors (Lipinski definition) is 2. The van der Waals surface area contributed by atoms with Crippen LogP contribution in [-0.4, -0.2) is 0 Å². The molecule has 0 amide bonds. The minimum Gasteiger partial charge on any atom is -0.147 e. The van der Waals surface area contributed by atoms with E-state index in [4.69, 9.17) is 0 Å². The molecule has 2 rings (SSSR count). The Balaban J connectivity index is 2.59. The van der Waals surface area contributed by atoms with Crippen molar-refractivity contribution in [2.75, 3.05) is 0 Å². The molecule has 0 nitrogen and oxygen atoms in total. The summed E-state index contributed by atoms with van der Waals surface area (Å²) in [5, 5.41) is 0. The zero-order valence-corrected chi connectivity index (χ0v) is 8.41. The summed E-state index contributed by atoms with van der Waals surface area (Å²) < 4.78 is 0. The van der Waals surface area contributed by atoms with E-state index in [-0.39, 0.29) is 0 Å². The Morgan fingerprint density at radius 3 is 2.58 bits per heavy atom. The van der Waals surface area contributed by atoms with Crippen molar-refractivity contribution in [3.63, 3.8) is 0 Å². The molecule has 1 aliphatic rings. The number of benzene rings is 1. The molecule has 0 heterocycles. The Morgan fingerprint density at radius 2 is 1.75 bits per heavy atom. The molecule has 0 aromatic heterocycles. The molecule has 1 aliphatic carbocycles. The van der Waals surface area contributed by atoms with Gasteiger partial charge in [0.15, 0.2) is 0 Å². The lowest BCUT2D eigenvalue weighted by molar-refractivity contribution is 0.973. The van der Waals surface area contributed by atoms with Crippen LogP contribution in [0.3, 0.4) is 0 Å². The lowest BCUT2D eigenvalue weighted by Gasteiger charge is -2.16. The Hall–Kier alpha value is -0.340. The summed E-state index contributed by atoms with van der Waals surface area (Å²) >= 11 is 8.82. The highest BCUT2D eigenvalue weighted by molar-refractivity contribution is 7.93. The standard InChI is InChI=1S/C10H10S2/c11-9-6-5-7-3-1-2-4-8(7)10(9)12/h1-4,11-12H,5-6H2. The molecule has 12 heavy (non-hydrogen) atoms. The van der Waals surface area contributed by atoms with E-state index in [2.05, 4.69) is 43.5 Å². The van der Waals surface area contributed by atoms with Crippen molar-refractivity contribution in [3.05, 3.63) is 40.3 Å². The van der Waals surface area contributed by atoms with E-state index in [0.29, 0.717) is 0 Å². The topological polar surface area (TPSA) is 0 Å². The van der Waals surface area contributed by atoms with Crippen molar-refractivity contribution in [2.24, 2.45) is 0 Å². The molecule has 0 radical (unpaired) electrons. The van der Waals surface area contributed by atoms with Crippen molar-refractivity contribution in [1.82, 2.24) is 0 Å². The predicted octanol–water partition coefficient (Wildman–Crippen LogP) is 3.16. The molecule has 0 fully saturated rings. The fourth-order valence-corrected chi connectivity index (χ4v) is 2.06. The summed E-state index contributed by atoms with van der Waals surface area (Å²) in [5.74, 6) is 0. The van der Waals surface area contributed by atoms with Crippen LogP contribution in [-0.2, 0) is 6.42 Å². The molecule has 0 aliphatic heterocycles. The second kappa shape index (κ2) is 3.19. The van der Waals surface area contributed by atoms with Gasteiger partial charge in [0, 0.05) is 4.91 Å². The minimum absolute atomic E-state index is 1.03. The van der Waals surface area contributed by atoms with Gasteiger partial charge in [-0.05, 0) is 28.9 Å². The van der Waals surface area contributed by atoms with Crippen LogP contribution in [0.4, 0.5) is 0 Å². The fourth-order valence-electron chi connectivity index (χ4n) is 1.50. The average molecular weight is 194 g/mol. The second-order valence-corrected chi connectivity index (χ2v) is 3.94. The van der Waals surface area contributed by atoms with Crippen molar-refractivity contribution >= 4 is 30.2 Å². The largest absolute Gasteiger partial charge is 0.147 e. The van der Waals surface area contributed by atoms with Gasteiger partial charge in [-0.1, -0.05) is 24.3 Å². The fraction of sp³-hybridized carbons (Fsp3) is 0.200. The number of hydrogen-bond donors (Lipinski definition) is 2. The maximum absolute atomic E-state index is 4.44. The quantitative estimate of drug-likeness (QED) is 0.582. The van der Waals surface area contributed by atoms with Gasteiger partial charge in [0.1, 0.15) is 0 Å². The first-order valence-electron chi connectivity index (χ1n) is 3.98. The van der Waals surface area contributed by atoms with Crippen LogP contribution in [0, 0.1) is 0 Å². The summed E-state index contributed by atoms with van der Waals surface area (Å²) in [4.78, 5) is 2.15. The maximum Gasteiger partial charge on any atom is 0.0208 e. The van der Waals surface area contributed by atoms with Gasteiger partial charge in [-0.15, -0.1) is 25.3 Å². The number of thiol groups is 2. The molecular weight excluding hydrogens is 184 g/mol. The smallest absolute Gasteiger partial charge is 0.0208 e. The van der Waals surface area contributed by atoms with Crippen LogP contribution in [0.15, 0.2) is 29.2 Å². The van der Waals surface area contributed by atoms with Crippen LogP contribution in [0.2, 0.25) is 0 Å². The summed E-state index contributed by atoms with van der Waals surface area (Å²) in [7, 11) is 0. The van der Waals surface area contributed by atoms with Crippen LogP contribution in [0.1, 0.15) is 17.5 Å². The molecule has 0 saturated carbocycles. The summed E-state index contributed by atoms with van der Waals surface area (Å²) in [5.41, 5.74) is 2.64. The van der Waals surface area contributed by atoms with Crippen LogP contribution in [0.25, 0.3) is 4.91 Å². The second-order valence-electron chi connectivity index (χ2n) is 2.95. The third-order valence-electron chi connectivity index (χ3n) is 2.18. The Morgan fingerprint density at radius 1 is 1.00 bits per heavy atom. The lowest BCUT2D eigenvalue weighted by Crippen LogP contribution is -1.98. The molecule has 0 saturated heterocycles. The number of aryl methyl sites for hydroxylation is 1. The Bertz CT molecular complexity index is 339. The highest BCUT2D eigenvalue weighted by Gasteiger charge is 2.12. The molecule has 62 valence electrons. The van der Waals surface area contributed by atoms with Crippen molar-refractivity contribution in [1.29, 1.82) is 0 Å². The van der Waals surface area contributed by atoms with E-state index in [9.17, 15) is 0 Å². The number of rotatable bonds is 0. The number of allylic oxidation sites excluding steroid dienone is 1.